The molecule has 6 heteroatoms. The number of nitrogens with one attached hydrogen (secondary N) is 3. The Morgan fingerprint density at radius 1 is 1.00 bits per heavy atom. The molecule has 0 aliphatic heterocycles. The molecule has 1 atom stereocenters. The quantitative estimate of drug-likeness (QED) is 0.364. The highest BCUT2D eigenvalue weighted by Gasteiger charge is 2.28. The first-order valence-corrected chi connectivity index (χ1v) is 11.2. The number of H-pyrrole nitrogens is 1. The Morgan fingerprint density at radius 3 is 2.48 bits per heavy atom. The van der Waals surface area contributed by atoms with Crippen LogP contribution in [0.3, 0.4) is 0 Å². The van der Waals surface area contributed by atoms with Gasteiger partial charge in [0.15, 0.2) is 0 Å². The predicted molar refractivity (Wildman–Crippen MR) is 128 cm³/mol. The Balaban J connectivity index is 1.78. The van der Waals surface area contributed by atoms with E-state index in [-0.39, 0.29) is 11.9 Å². The predicted octanol–water partition coefficient (Wildman–Crippen LogP) is 6.29. The van der Waals surface area contributed by atoms with Crippen LogP contribution < -0.4 is 15.6 Å². The number of hydrogen-bond acceptors (Lipinski definition) is 3. The summed E-state index contributed by atoms with van der Waals surface area (Å²) in [5, 5.41) is 8.22. The number of amides is 1. The van der Waals surface area contributed by atoms with Crippen molar-refractivity contribution < 1.29 is 9.78 Å². The smallest absolute Gasteiger partial charge is 0.272 e. The van der Waals surface area contributed by atoms with Gasteiger partial charge in [0.2, 0.25) is 0 Å². The molecule has 0 aliphatic carbocycles. The normalized spacial score (nSPS) is 11.7. The largest absolute Gasteiger partial charge is 0.313 e. The van der Waals surface area contributed by atoms with E-state index in [1.807, 2.05) is 79.0 Å². The second kappa shape index (κ2) is 9.33. The number of halogens is 1. The van der Waals surface area contributed by atoms with E-state index in [4.69, 9.17) is 11.6 Å². The van der Waals surface area contributed by atoms with Crippen molar-refractivity contribution >= 4 is 39.7 Å². The van der Waals surface area contributed by atoms with Crippen molar-refractivity contribution in [3.8, 4) is 0 Å². The molecule has 0 unspecified atom stereocenters. The minimum atomic E-state index is -0.201. The lowest BCUT2D eigenvalue weighted by Gasteiger charge is -2.18. The fraction of sp³-hybridized carbons (Fsp3) is 0.120. The first-order chi connectivity index (χ1) is 15.0. The van der Waals surface area contributed by atoms with Crippen LogP contribution in [0.4, 0.5) is 10.8 Å². The average molecular weight is 449 g/mol. The van der Waals surface area contributed by atoms with Crippen LogP contribution in [0.2, 0.25) is 5.02 Å². The number of pyridine rings is 1. The van der Waals surface area contributed by atoms with Gasteiger partial charge in [-0.3, -0.25) is 10.1 Å². The fourth-order valence-corrected chi connectivity index (χ4v) is 4.79. The van der Waals surface area contributed by atoms with Crippen molar-refractivity contribution in [1.29, 1.82) is 0 Å². The van der Waals surface area contributed by atoms with Gasteiger partial charge in [-0.05, 0) is 49.7 Å². The maximum atomic E-state index is 12.9. The van der Waals surface area contributed by atoms with E-state index in [1.165, 1.54) is 0 Å². The SMILES string of the molecule is Cc1sc(NC(=O)c2ccccc2)c([C@H](Nc2cccc[nH+]2)c2cccc(Cl)c2)c1C. The molecule has 31 heavy (non-hydrogen) atoms. The van der Waals surface area contributed by atoms with Crippen LogP contribution >= 0.6 is 22.9 Å². The Kier molecular flexibility index (Phi) is 6.35. The van der Waals surface area contributed by atoms with Crippen LogP contribution in [0.25, 0.3) is 0 Å². The zero-order valence-electron chi connectivity index (χ0n) is 17.3. The van der Waals surface area contributed by atoms with E-state index in [0.717, 1.165) is 32.4 Å². The lowest BCUT2D eigenvalue weighted by molar-refractivity contribution is -0.361. The Hall–Kier alpha value is -3.15. The van der Waals surface area contributed by atoms with Crippen LogP contribution in [0.5, 0.6) is 0 Å². The maximum Gasteiger partial charge on any atom is 0.272 e. The van der Waals surface area contributed by atoms with Crippen molar-refractivity contribution in [2.75, 3.05) is 10.6 Å². The monoisotopic (exact) mass is 448 g/mol. The number of aryl methyl sites for hydroxylation is 1. The molecule has 4 aromatic rings. The molecule has 156 valence electrons. The van der Waals surface area contributed by atoms with E-state index in [0.29, 0.717) is 10.6 Å². The zero-order valence-corrected chi connectivity index (χ0v) is 18.8. The summed E-state index contributed by atoms with van der Waals surface area (Å²) < 4.78 is 0. The number of thiophene rings is 1. The third kappa shape index (κ3) is 4.79. The summed E-state index contributed by atoms with van der Waals surface area (Å²) >= 11 is 7.91. The van der Waals surface area contributed by atoms with Gasteiger partial charge in [0.25, 0.3) is 11.7 Å². The van der Waals surface area contributed by atoms with Crippen LogP contribution in [-0.4, -0.2) is 5.91 Å². The molecule has 4 nitrogen and oxygen atoms in total. The van der Waals surface area contributed by atoms with Crippen molar-refractivity contribution in [2.24, 2.45) is 0 Å². The minimum Gasteiger partial charge on any atom is -0.313 e. The van der Waals surface area contributed by atoms with Crippen LogP contribution in [0.1, 0.15) is 38.0 Å². The topological polar surface area (TPSA) is 55.3 Å². The molecule has 2 aromatic heterocycles. The van der Waals surface area contributed by atoms with Gasteiger partial charge < -0.3 is 5.32 Å². The van der Waals surface area contributed by atoms with E-state index < -0.39 is 0 Å². The first kappa shape index (κ1) is 21.1. The third-order valence-corrected chi connectivity index (χ3v) is 6.55. The van der Waals surface area contributed by atoms with Crippen molar-refractivity contribution in [1.82, 2.24) is 0 Å². The van der Waals surface area contributed by atoms with Gasteiger partial charge in [-0.2, -0.15) is 0 Å². The number of carbonyl (C=O) groups excluding carboxylic acids is 1. The number of aromatic amines is 1. The van der Waals surface area contributed by atoms with Crippen molar-refractivity contribution in [3.63, 3.8) is 0 Å². The van der Waals surface area contributed by atoms with Gasteiger partial charge in [-0.25, -0.2) is 4.98 Å². The number of anilines is 2. The molecular formula is C25H23ClN3OS+. The zero-order chi connectivity index (χ0) is 21.8. The van der Waals surface area contributed by atoms with E-state index in [2.05, 4.69) is 29.5 Å². The Bertz CT molecular complexity index is 1190. The molecule has 0 saturated carbocycles. The highest BCUT2D eigenvalue weighted by atomic mass is 35.5. The molecule has 0 fully saturated rings. The molecule has 0 radical (unpaired) electrons. The van der Waals surface area contributed by atoms with Crippen LogP contribution in [0, 0.1) is 13.8 Å². The number of benzene rings is 2. The van der Waals surface area contributed by atoms with Gasteiger partial charge in [0.1, 0.15) is 11.0 Å². The Morgan fingerprint density at radius 2 is 1.77 bits per heavy atom. The number of aromatic nitrogens is 1. The number of carbonyl (C=O) groups is 1. The molecule has 0 spiro atoms. The van der Waals surface area contributed by atoms with E-state index in [1.54, 1.807) is 11.3 Å². The highest BCUT2D eigenvalue weighted by molar-refractivity contribution is 7.16. The summed E-state index contributed by atoms with van der Waals surface area (Å²) in [6.45, 7) is 4.17. The Labute approximate surface area is 190 Å². The summed E-state index contributed by atoms with van der Waals surface area (Å²) in [7, 11) is 0. The number of hydrogen-bond donors (Lipinski definition) is 2. The number of rotatable bonds is 6. The molecule has 0 saturated heterocycles. The van der Waals surface area contributed by atoms with E-state index >= 15 is 0 Å². The molecule has 1 amide bonds. The molecular weight excluding hydrogens is 426 g/mol. The lowest BCUT2D eigenvalue weighted by atomic mass is 9.96. The molecule has 0 bridgehead atoms. The van der Waals surface area contributed by atoms with Gasteiger partial charge in [0.05, 0.1) is 6.20 Å². The van der Waals surface area contributed by atoms with Crippen molar-refractivity contribution in [2.45, 2.75) is 19.9 Å². The van der Waals surface area contributed by atoms with Gasteiger partial charge in [-0.1, -0.05) is 48.0 Å². The van der Waals surface area contributed by atoms with Gasteiger partial charge in [0, 0.05) is 32.7 Å². The van der Waals surface area contributed by atoms with Gasteiger partial charge >= 0.3 is 0 Å². The molecule has 4 rings (SSSR count). The second-order valence-corrected chi connectivity index (χ2v) is 8.92. The first-order valence-electron chi connectivity index (χ1n) is 9.98. The lowest BCUT2D eigenvalue weighted by Crippen LogP contribution is -2.21. The second-order valence-electron chi connectivity index (χ2n) is 7.25. The van der Waals surface area contributed by atoms with Crippen LogP contribution in [0.15, 0.2) is 79.0 Å². The summed E-state index contributed by atoms with van der Waals surface area (Å²) in [6.07, 6.45) is 1.88. The minimum absolute atomic E-state index is 0.126. The fourth-order valence-electron chi connectivity index (χ4n) is 3.50. The molecule has 3 N–H and O–H groups in total. The van der Waals surface area contributed by atoms with Crippen LogP contribution in [-0.2, 0) is 0 Å². The molecule has 0 aliphatic rings. The standard InChI is InChI=1S/C25H22ClN3OS/c1-16-17(2)31-25(29-24(30)18-9-4-3-5-10-18)22(16)23(19-11-8-12-20(26)15-19)28-21-13-6-7-14-27-21/h3-15,23H,1-2H3,(H,27,28)(H,29,30)/p+1/t23-/m1/s1. The third-order valence-electron chi connectivity index (χ3n) is 5.17. The van der Waals surface area contributed by atoms with Gasteiger partial charge in [-0.15, -0.1) is 11.3 Å². The average Bonchev–Trinajstić information content (AvgIpc) is 3.06. The maximum absolute atomic E-state index is 12.9. The van der Waals surface area contributed by atoms with Crippen molar-refractivity contribution in [3.05, 3.63) is 111 Å². The summed E-state index contributed by atoms with van der Waals surface area (Å²) in [6, 6.07) is 22.7. The molecule has 2 aromatic carbocycles. The summed E-state index contributed by atoms with van der Waals surface area (Å²) in [4.78, 5) is 17.3. The summed E-state index contributed by atoms with van der Waals surface area (Å²) in [5.41, 5.74) is 3.81. The molecule has 2 heterocycles. The summed E-state index contributed by atoms with van der Waals surface area (Å²) in [5.74, 6) is 0.746. The van der Waals surface area contributed by atoms with E-state index in [9.17, 15) is 4.79 Å². The highest BCUT2D eigenvalue weighted by Crippen LogP contribution is 2.41.